The molecular formula is C14H14ClN3O2S. The van der Waals surface area contributed by atoms with Crippen LogP contribution in [0.15, 0.2) is 29.6 Å². The van der Waals surface area contributed by atoms with Gasteiger partial charge in [-0.3, -0.25) is 0 Å². The molecule has 0 radical (unpaired) electrons. The molecule has 0 spiro atoms. The molecule has 21 heavy (non-hydrogen) atoms. The van der Waals surface area contributed by atoms with Crippen molar-refractivity contribution in [1.82, 2.24) is 4.98 Å². The number of benzene rings is 1. The van der Waals surface area contributed by atoms with Crippen LogP contribution in [0.2, 0.25) is 5.02 Å². The summed E-state index contributed by atoms with van der Waals surface area (Å²) in [5.41, 5.74) is 1.24. The van der Waals surface area contributed by atoms with E-state index in [2.05, 4.69) is 14.8 Å². The smallest absolute Gasteiger partial charge is 0.355 e. The summed E-state index contributed by atoms with van der Waals surface area (Å²) in [7, 11) is 0. The van der Waals surface area contributed by atoms with Crippen LogP contribution in [0.3, 0.4) is 0 Å². The second-order valence-corrected chi connectivity index (χ2v) is 6.05. The molecule has 0 atom stereocenters. The van der Waals surface area contributed by atoms with Crippen LogP contribution in [0.25, 0.3) is 0 Å². The maximum Gasteiger partial charge on any atom is 0.355 e. The van der Waals surface area contributed by atoms with Crippen LogP contribution in [0.5, 0.6) is 0 Å². The summed E-state index contributed by atoms with van der Waals surface area (Å²) in [6.07, 6.45) is 0. The van der Waals surface area contributed by atoms with E-state index in [0.29, 0.717) is 0 Å². The fourth-order valence-electron chi connectivity index (χ4n) is 2.34. The standard InChI is InChI=1S/C14H14ClN3O2S/c15-10-2-1-3-11(8-10)17-4-6-18(7-5-17)14-16-12(9-21-14)13(19)20/h1-3,8-9H,4-7H2,(H,19,20). The third-order valence-electron chi connectivity index (χ3n) is 3.43. The largest absolute Gasteiger partial charge is 0.476 e. The Morgan fingerprint density at radius 1 is 1.24 bits per heavy atom. The summed E-state index contributed by atoms with van der Waals surface area (Å²) in [5.74, 6) is -0.977. The second kappa shape index (κ2) is 5.91. The first-order valence-electron chi connectivity index (χ1n) is 6.58. The Morgan fingerprint density at radius 2 is 1.95 bits per heavy atom. The summed E-state index contributed by atoms with van der Waals surface area (Å²) in [6, 6.07) is 7.82. The third-order valence-corrected chi connectivity index (χ3v) is 4.57. The molecule has 1 aromatic heterocycles. The number of thiazole rings is 1. The molecule has 2 heterocycles. The van der Waals surface area contributed by atoms with Gasteiger partial charge < -0.3 is 14.9 Å². The lowest BCUT2D eigenvalue weighted by Gasteiger charge is -2.36. The van der Waals surface area contributed by atoms with Crippen molar-refractivity contribution in [2.24, 2.45) is 0 Å². The van der Waals surface area contributed by atoms with Crippen LogP contribution in [-0.2, 0) is 0 Å². The highest BCUT2D eigenvalue weighted by atomic mass is 35.5. The quantitative estimate of drug-likeness (QED) is 0.941. The van der Waals surface area contributed by atoms with E-state index < -0.39 is 5.97 Å². The lowest BCUT2D eigenvalue weighted by molar-refractivity contribution is 0.0691. The van der Waals surface area contributed by atoms with Gasteiger partial charge in [-0.1, -0.05) is 17.7 Å². The van der Waals surface area contributed by atoms with Gasteiger partial charge in [0, 0.05) is 42.3 Å². The number of aromatic nitrogens is 1. The lowest BCUT2D eigenvalue weighted by atomic mass is 10.2. The molecular weight excluding hydrogens is 310 g/mol. The van der Waals surface area contributed by atoms with E-state index in [4.69, 9.17) is 16.7 Å². The van der Waals surface area contributed by atoms with Crippen LogP contribution >= 0.6 is 22.9 Å². The topological polar surface area (TPSA) is 56.7 Å². The number of rotatable bonds is 3. The van der Waals surface area contributed by atoms with Crippen molar-refractivity contribution in [2.75, 3.05) is 36.0 Å². The Bertz CT molecular complexity index is 653. The Balaban J connectivity index is 1.66. The lowest BCUT2D eigenvalue weighted by Crippen LogP contribution is -2.46. The highest BCUT2D eigenvalue weighted by molar-refractivity contribution is 7.13. The molecule has 1 aliphatic rings. The van der Waals surface area contributed by atoms with Crippen LogP contribution in [0.1, 0.15) is 10.5 Å². The minimum atomic E-state index is -0.977. The number of aromatic carboxylic acids is 1. The van der Waals surface area contributed by atoms with Gasteiger partial charge in [0.2, 0.25) is 0 Å². The zero-order valence-electron chi connectivity index (χ0n) is 11.2. The van der Waals surface area contributed by atoms with Gasteiger partial charge in [0.05, 0.1) is 0 Å². The number of carboxylic acids is 1. The average molecular weight is 324 g/mol. The van der Waals surface area contributed by atoms with E-state index in [1.807, 2.05) is 24.3 Å². The monoisotopic (exact) mass is 323 g/mol. The summed E-state index contributed by atoms with van der Waals surface area (Å²) < 4.78 is 0. The fraction of sp³-hybridized carbons (Fsp3) is 0.286. The molecule has 1 saturated heterocycles. The molecule has 0 amide bonds. The number of hydrogen-bond donors (Lipinski definition) is 1. The molecule has 7 heteroatoms. The molecule has 1 aliphatic heterocycles. The molecule has 0 aliphatic carbocycles. The second-order valence-electron chi connectivity index (χ2n) is 4.77. The predicted octanol–water partition coefficient (Wildman–Crippen LogP) is 2.82. The molecule has 2 aromatic rings. The number of anilines is 2. The number of piperazine rings is 1. The van der Waals surface area contributed by atoms with Crippen LogP contribution in [0, 0.1) is 0 Å². The van der Waals surface area contributed by atoms with E-state index in [1.54, 1.807) is 5.38 Å². The Kier molecular flexibility index (Phi) is 3.98. The van der Waals surface area contributed by atoms with Crippen molar-refractivity contribution < 1.29 is 9.90 Å². The third kappa shape index (κ3) is 3.11. The highest BCUT2D eigenvalue weighted by Gasteiger charge is 2.20. The fourth-order valence-corrected chi connectivity index (χ4v) is 3.37. The SMILES string of the molecule is O=C(O)c1csc(N2CCN(c3cccc(Cl)c3)CC2)n1. The Morgan fingerprint density at radius 3 is 2.57 bits per heavy atom. The zero-order valence-corrected chi connectivity index (χ0v) is 12.8. The molecule has 110 valence electrons. The average Bonchev–Trinajstić information content (AvgIpc) is 2.97. The Hall–Kier alpha value is -1.79. The van der Waals surface area contributed by atoms with Crippen LogP contribution in [0.4, 0.5) is 10.8 Å². The summed E-state index contributed by atoms with van der Waals surface area (Å²) in [5, 5.41) is 12.0. The minimum Gasteiger partial charge on any atom is -0.476 e. The molecule has 0 bridgehead atoms. The number of carboxylic acid groups (broad SMARTS) is 1. The van der Waals surface area contributed by atoms with Crippen molar-refractivity contribution in [3.8, 4) is 0 Å². The predicted molar refractivity (Wildman–Crippen MR) is 85.0 cm³/mol. The highest BCUT2D eigenvalue weighted by Crippen LogP contribution is 2.25. The van der Waals surface area contributed by atoms with Crippen molar-refractivity contribution in [2.45, 2.75) is 0 Å². The van der Waals surface area contributed by atoms with E-state index in [-0.39, 0.29) is 5.69 Å². The van der Waals surface area contributed by atoms with E-state index in [0.717, 1.165) is 42.0 Å². The molecule has 1 fully saturated rings. The molecule has 1 N–H and O–H groups in total. The zero-order chi connectivity index (χ0) is 14.8. The van der Waals surface area contributed by atoms with Gasteiger partial charge in [0.1, 0.15) is 0 Å². The first kappa shape index (κ1) is 14.2. The van der Waals surface area contributed by atoms with Gasteiger partial charge in [-0.2, -0.15) is 0 Å². The van der Waals surface area contributed by atoms with Crippen LogP contribution in [-0.4, -0.2) is 42.2 Å². The first-order chi connectivity index (χ1) is 10.1. The normalized spacial score (nSPS) is 15.3. The van der Waals surface area contributed by atoms with E-state index in [1.165, 1.54) is 11.3 Å². The van der Waals surface area contributed by atoms with Crippen molar-refractivity contribution in [3.05, 3.63) is 40.4 Å². The Labute approximate surface area is 131 Å². The maximum absolute atomic E-state index is 10.9. The molecule has 0 unspecified atom stereocenters. The van der Waals surface area contributed by atoms with Gasteiger partial charge in [-0.25, -0.2) is 9.78 Å². The van der Waals surface area contributed by atoms with Gasteiger partial charge in [-0.15, -0.1) is 11.3 Å². The van der Waals surface area contributed by atoms with Gasteiger partial charge in [0.15, 0.2) is 10.8 Å². The molecule has 5 nitrogen and oxygen atoms in total. The van der Waals surface area contributed by atoms with E-state index >= 15 is 0 Å². The number of nitrogens with zero attached hydrogens (tertiary/aromatic N) is 3. The molecule has 1 aromatic carbocycles. The minimum absolute atomic E-state index is 0.118. The van der Waals surface area contributed by atoms with Gasteiger partial charge >= 0.3 is 5.97 Å². The number of halogens is 1. The molecule has 0 saturated carbocycles. The maximum atomic E-state index is 10.9. The van der Waals surface area contributed by atoms with Crippen molar-refractivity contribution in [3.63, 3.8) is 0 Å². The number of carbonyl (C=O) groups is 1. The van der Waals surface area contributed by atoms with Crippen LogP contribution < -0.4 is 9.80 Å². The van der Waals surface area contributed by atoms with Crippen molar-refractivity contribution >= 4 is 39.7 Å². The summed E-state index contributed by atoms with van der Waals surface area (Å²) in [4.78, 5) is 19.4. The molecule has 3 rings (SSSR count). The number of hydrogen-bond acceptors (Lipinski definition) is 5. The first-order valence-corrected chi connectivity index (χ1v) is 7.83. The van der Waals surface area contributed by atoms with E-state index in [9.17, 15) is 4.79 Å². The van der Waals surface area contributed by atoms with Gasteiger partial charge in [-0.05, 0) is 18.2 Å². The van der Waals surface area contributed by atoms with Gasteiger partial charge in [0.25, 0.3) is 0 Å². The summed E-state index contributed by atoms with van der Waals surface area (Å²) >= 11 is 7.40. The summed E-state index contributed by atoms with van der Waals surface area (Å²) in [6.45, 7) is 3.36. The van der Waals surface area contributed by atoms with Crippen molar-refractivity contribution in [1.29, 1.82) is 0 Å².